The topological polar surface area (TPSA) is 23.5 Å². The first kappa shape index (κ1) is 10.2. The van der Waals surface area contributed by atoms with Crippen LogP contribution in [0.4, 0.5) is 5.69 Å². The van der Waals surface area contributed by atoms with Gasteiger partial charge in [-0.3, -0.25) is 0 Å². The maximum Gasteiger partial charge on any atom is 0.0615 e. The van der Waals surface area contributed by atoms with Gasteiger partial charge in [-0.2, -0.15) is 0 Å². The molecule has 0 radical (unpaired) electrons. The summed E-state index contributed by atoms with van der Waals surface area (Å²) in [6.07, 6.45) is 6.14. The smallest absolute Gasteiger partial charge is 0.0615 e. The van der Waals surface area contributed by atoms with Gasteiger partial charge in [-0.1, -0.05) is 18.2 Å². The average molecular weight is 203 g/mol. The van der Waals surface area contributed by atoms with Crippen LogP contribution in [0.1, 0.15) is 17.5 Å². The van der Waals surface area contributed by atoms with E-state index >= 15 is 0 Å². The zero-order valence-corrected chi connectivity index (χ0v) is 9.11. The molecule has 0 amide bonds. The Morgan fingerprint density at radius 3 is 3.13 bits per heavy atom. The summed E-state index contributed by atoms with van der Waals surface area (Å²) in [5.74, 6) is 0. The zero-order valence-electron chi connectivity index (χ0n) is 9.11. The van der Waals surface area contributed by atoms with Crippen LogP contribution in [0.5, 0.6) is 0 Å². The lowest BCUT2D eigenvalue weighted by Gasteiger charge is -2.27. The van der Waals surface area contributed by atoms with Crippen molar-refractivity contribution in [1.29, 1.82) is 0 Å². The van der Waals surface area contributed by atoms with Crippen LogP contribution in [0.25, 0.3) is 6.08 Å². The van der Waals surface area contributed by atoms with E-state index < -0.39 is 0 Å². The van der Waals surface area contributed by atoms with Gasteiger partial charge in [0.15, 0.2) is 0 Å². The molecule has 0 fully saturated rings. The number of rotatable bonds is 2. The number of hydrogen-bond donors (Lipinski definition) is 1. The average Bonchev–Trinajstić information content (AvgIpc) is 2.26. The normalized spacial score (nSPS) is 15.7. The van der Waals surface area contributed by atoms with Crippen molar-refractivity contribution in [2.75, 3.05) is 25.1 Å². The molecule has 2 heteroatoms. The molecule has 1 aliphatic rings. The lowest BCUT2D eigenvalue weighted by molar-refractivity contribution is 0.343. The number of aryl methyl sites for hydroxylation is 1. The fraction of sp³-hybridized carbons (Fsp3) is 0.385. The second kappa shape index (κ2) is 4.49. The van der Waals surface area contributed by atoms with E-state index in [1.165, 1.54) is 29.7 Å². The van der Waals surface area contributed by atoms with E-state index in [1.54, 1.807) is 6.08 Å². The first-order valence-corrected chi connectivity index (χ1v) is 5.43. The fourth-order valence-electron chi connectivity index (χ4n) is 2.10. The minimum Gasteiger partial charge on any atom is -0.392 e. The summed E-state index contributed by atoms with van der Waals surface area (Å²) < 4.78 is 0. The molecule has 15 heavy (non-hydrogen) atoms. The van der Waals surface area contributed by atoms with Gasteiger partial charge >= 0.3 is 0 Å². The molecule has 0 aromatic heterocycles. The van der Waals surface area contributed by atoms with Crippen molar-refractivity contribution < 1.29 is 5.11 Å². The van der Waals surface area contributed by atoms with Crippen molar-refractivity contribution in [2.45, 2.75) is 12.8 Å². The highest BCUT2D eigenvalue weighted by atomic mass is 16.2. The lowest BCUT2D eigenvalue weighted by atomic mass is 9.99. The summed E-state index contributed by atoms with van der Waals surface area (Å²) in [6.45, 7) is 1.26. The molecule has 0 saturated carbocycles. The van der Waals surface area contributed by atoms with Gasteiger partial charge in [0.25, 0.3) is 0 Å². The number of anilines is 1. The van der Waals surface area contributed by atoms with Gasteiger partial charge in [0, 0.05) is 19.3 Å². The number of aliphatic hydroxyl groups is 1. The van der Waals surface area contributed by atoms with E-state index in [4.69, 9.17) is 5.11 Å². The van der Waals surface area contributed by atoms with Crippen LogP contribution in [-0.2, 0) is 6.42 Å². The molecule has 2 nitrogen and oxygen atoms in total. The minimum absolute atomic E-state index is 0.108. The summed E-state index contributed by atoms with van der Waals surface area (Å²) in [4.78, 5) is 2.30. The number of aliphatic hydroxyl groups excluding tert-OH is 1. The molecule has 1 aliphatic heterocycles. The molecule has 0 bridgehead atoms. The molecule has 1 aromatic carbocycles. The Bertz CT molecular complexity index is 371. The first-order valence-electron chi connectivity index (χ1n) is 5.43. The van der Waals surface area contributed by atoms with Crippen LogP contribution in [-0.4, -0.2) is 25.3 Å². The monoisotopic (exact) mass is 203 g/mol. The number of hydrogen-bond acceptors (Lipinski definition) is 2. The molecule has 0 unspecified atom stereocenters. The summed E-state index contributed by atoms with van der Waals surface area (Å²) in [5, 5.41) is 8.71. The van der Waals surface area contributed by atoms with Crippen molar-refractivity contribution in [2.24, 2.45) is 0 Å². The molecular formula is C13H17NO. The minimum atomic E-state index is 0.108. The standard InChI is InChI=1S/C13H17NO/c1-14-8-2-5-12-10-11(4-3-9-15)6-7-13(12)14/h3-4,6-7,10,15H,2,5,8-9H2,1H3. The summed E-state index contributed by atoms with van der Waals surface area (Å²) in [5.41, 5.74) is 3.95. The number of benzene rings is 1. The van der Waals surface area contributed by atoms with Crippen molar-refractivity contribution in [3.05, 3.63) is 35.4 Å². The van der Waals surface area contributed by atoms with E-state index in [2.05, 4.69) is 30.1 Å². The Balaban J connectivity index is 2.29. The zero-order chi connectivity index (χ0) is 10.7. The molecule has 1 N–H and O–H groups in total. The number of fused-ring (bicyclic) bond motifs is 1. The molecule has 80 valence electrons. The second-order valence-corrected chi connectivity index (χ2v) is 4.00. The third-order valence-corrected chi connectivity index (χ3v) is 2.87. The Morgan fingerprint density at radius 1 is 1.47 bits per heavy atom. The van der Waals surface area contributed by atoms with Gasteiger partial charge in [0.2, 0.25) is 0 Å². The van der Waals surface area contributed by atoms with E-state index in [-0.39, 0.29) is 6.61 Å². The molecule has 1 heterocycles. The number of nitrogens with zero attached hydrogens (tertiary/aromatic N) is 1. The third kappa shape index (κ3) is 2.21. The van der Waals surface area contributed by atoms with Gasteiger partial charge in [-0.25, -0.2) is 0 Å². The molecular weight excluding hydrogens is 186 g/mol. The van der Waals surface area contributed by atoms with Gasteiger partial charge in [0.1, 0.15) is 0 Å². The summed E-state index contributed by atoms with van der Waals surface area (Å²) in [6, 6.07) is 6.50. The second-order valence-electron chi connectivity index (χ2n) is 4.00. The predicted molar refractivity (Wildman–Crippen MR) is 64.2 cm³/mol. The maximum atomic E-state index is 8.71. The van der Waals surface area contributed by atoms with Crippen molar-refractivity contribution in [3.8, 4) is 0 Å². The maximum absolute atomic E-state index is 8.71. The Kier molecular flexibility index (Phi) is 3.07. The van der Waals surface area contributed by atoms with E-state index in [9.17, 15) is 0 Å². The predicted octanol–water partition coefficient (Wildman–Crippen LogP) is 2.07. The summed E-state index contributed by atoms with van der Waals surface area (Å²) in [7, 11) is 2.14. The van der Waals surface area contributed by atoms with Crippen molar-refractivity contribution in [1.82, 2.24) is 0 Å². The summed E-state index contributed by atoms with van der Waals surface area (Å²) >= 11 is 0. The van der Waals surface area contributed by atoms with Crippen LogP contribution < -0.4 is 4.90 Å². The third-order valence-electron chi connectivity index (χ3n) is 2.87. The molecule has 0 spiro atoms. The van der Waals surface area contributed by atoms with Crippen molar-refractivity contribution >= 4 is 11.8 Å². The van der Waals surface area contributed by atoms with Crippen LogP contribution in [0.3, 0.4) is 0 Å². The van der Waals surface area contributed by atoms with Gasteiger partial charge < -0.3 is 10.0 Å². The van der Waals surface area contributed by atoms with Crippen LogP contribution in [0.2, 0.25) is 0 Å². The Labute approximate surface area is 90.8 Å². The fourth-order valence-corrected chi connectivity index (χ4v) is 2.10. The molecule has 0 saturated heterocycles. The molecule has 2 rings (SSSR count). The highest BCUT2D eigenvalue weighted by Gasteiger charge is 2.12. The van der Waals surface area contributed by atoms with Crippen molar-refractivity contribution in [3.63, 3.8) is 0 Å². The van der Waals surface area contributed by atoms with Gasteiger partial charge in [-0.15, -0.1) is 0 Å². The molecule has 0 atom stereocenters. The largest absolute Gasteiger partial charge is 0.392 e. The molecule has 0 aliphatic carbocycles. The Morgan fingerprint density at radius 2 is 2.33 bits per heavy atom. The Hall–Kier alpha value is -1.28. The van der Waals surface area contributed by atoms with Crippen LogP contribution in [0, 0.1) is 0 Å². The van der Waals surface area contributed by atoms with Gasteiger partial charge in [0.05, 0.1) is 6.61 Å². The van der Waals surface area contributed by atoms with Crippen LogP contribution in [0.15, 0.2) is 24.3 Å². The quantitative estimate of drug-likeness (QED) is 0.795. The van der Waals surface area contributed by atoms with E-state index in [0.717, 1.165) is 6.54 Å². The lowest BCUT2D eigenvalue weighted by Crippen LogP contribution is -2.24. The highest BCUT2D eigenvalue weighted by Crippen LogP contribution is 2.27. The molecule has 1 aromatic rings. The van der Waals surface area contributed by atoms with E-state index in [0.29, 0.717) is 0 Å². The SMILES string of the molecule is CN1CCCc2cc(C=CCO)ccc21. The van der Waals surface area contributed by atoms with Crippen LogP contribution >= 0.6 is 0 Å². The van der Waals surface area contributed by atoms with E-state index in [1.807, 2.05) is 6.08 Å². The first-order chi connectivity index (χ1) is 7.31. The van der Waals surface area contributed by atoms with Gasteiger partial charge in [-0.05, 0) is 36.1 Å². The highest BCUT2D eigenvalue weighted by molar-refractivity contribution is 5.61.